The number of benzene rings is 2. The quantitative estimate of drug-likeness (QED) is 0.682. The van der Waals surface area contributed by atoms with E-state index in [0.717, 1.165) is 12.1 Å². The molecule has 0 amide bonds. The van der Waals surface area contributed by atoms with Crippen LogP contribution < -0.4 is 5.32 Å². The Morgan fingerprint density at radius 2 is 1.95 bits per heavy atom. The maximum absolute atomic E-state index is 13.4. The van der Waals surface area contributed by atoms with Crippen LogP contribution in [-0.2, 0) is 6.54 Å². The van der Waals surface area contributed by atoms with Gasteiger partial charge in [0.2, 0.25) is 0 Å². The molecule has 0 aromatic heterocycles. The van der Waals surface area contributed by atoms with Gasteiger partial charge in [-0.3, -0.25) is 10.1 Å². The van der Waals surface area contributed by atoms with Crippen molar-refractivity contribution in [1.29, 1.82) is 0 Å². The lowest BCUT2D eigenvalue weighted by atomic mass is 10.2. The molecular weight excluding hydrogens is 290 g/mol. The number of halogens is 3. The second-order valence-corrected chi connectivity index (χ2v) is 4.42. The van der Waals surface area contributed by atoms with E-state index in [9.17, 15) is 18.9 Å². The Morgan fingerprint density at radius 3 is 2.55 bits per heavy atom. The molecule has 0 aliphatic carbocycles. The summed E-state index contributed by atoms with van der Waals surface area (Å²) in [6.07, 6.45) is 0. The molecule has 0 aliphatic heterocycles. The van der Waals surface area contributed by atoms with Gasteiger partial charge in [-0.1, -0.05) is 11.6 Å². The van der Waals surface area contributed by atoms with E-state index in [1.54, 1.807) is 0 Å². The van der Waals surface area contributed by atoms with Crippen molar-refractivity contribution in [2.45, 2.75) is 6.54 Å². The van der Waals surface area contributed by atoms with E-state index in [4.69, 9.17) is 11.6 Å². The SMILES string of the molecule is O=[N+]([O-])c1ccc(CNc2ccc(F)cc2F)c(Cl)c1. The summed E-state index contributed by atoms with van der Waals surface area (Å²) in [7, 11) is 0. The molecule has 2 aromatic carbocycles. The van der Waals surface area contributed by atoms with Crippen molar-refractivity contribution >= 4 is 23.0 Å². The van der Waals surface area contributed by atoms with Gasteiger partial charge in [0.1, 0.15) is 11.6 Å². The number of non-ortho nitro benzene ring substituents is 1. The van der Waals surface area contributed by atoms with Crippen molar-refractivity contribution in [2.24, 2.45) is 0 Å². The Balaban J connectivity index is 2.13. The van der Waals surface area contributed by atoms with Crippen molar-refractivity contribution in [3.63, 3.8) is 0 Å². The molecular formula is C13H9ClF2N2O2. The first-order valence-corrected chi connectivity index (χ1v) is 5.97. The van der Waals surface area contributed by atoms with Crippen molar-refractivity contribution in [3.8, 4) is 0 Å². The zero-order chi connectivity index (χ0) is 14.7. The largest absolute Gasteiger partial charge is 0.379 e. The van der Waals surface area contributed by atoms with Crippen LogP contribution in [0.2, 0.25) is 5.02 Å². The predicted octanol–water partition coefficient (Wildman–Crippen LogP) is 4.14. The average Bonchev–Trinajstić information content (AvgIpc) is 2.38. The minimum Gasteiger partial charge on any atom is -0.379 e. The lowest BCUT2D eigenvalue weighted by molar-refractivity contribution is -0.384. The number of nitro benzene ring substituents is 1. The topological polar surface area (TPSA) is 55.2 Å². The summed E-state index contributed by atoms with van der Waals surface area (Å²) in [6, 6.07) is 7.17. The van der Waals surface area contributed by atoms with E-state index in [-0.39, 0.29) is 22.9 Å². The lowest BCUT2D eigenvalue weighted by Crippen LogP contribution is -2.02. The van der Waals surface area contributed by atoms with Crippen molar-refractivity contribution < 1.29 is 13.7 Å². The van der Waals surface area contributed by atoms with Gasteiger partial charge < -0.3 is 5.32 Å². The van der Waals surface area contributed by atoms with E-state index in [1.807, 2.05) is 0 Å². The maximum atomic E-state index is 13.4. The molecule has 0 fully saturated rings. The summed E-state index contributed by atoms with van der Waals surface area (Å²) >= 11 is 5.91. The number of anilines is 1. The summed E-state index contributed by atoms with van der Waals surface area (Å²) in [5.74, 6) is -1.38. The van der Waals surface area contributed by atoms with Crippen LogP contribution in [-0.4, -0.2) is 4.92 Å². The molecule has 0 bridgehead atoms. The average molecular weight is 299 g/mol. The highest BCUT2D eigenvalue weighted by Gasteiger charge is 2.10. The van der Waals surface area contributed by atoms with Crippen molar-refractivity contribution in [1.82, 2.24) is 0 Å². The standard InChI is InChI=1S/C13H9ClF2N2O2/c14-11-6-10(18(19)20)3-1-8(11)7-17-13-4-2-9(15)5-12(13)16/h1-6,17H,7H2. The number of rotatable bonds is 4. The highest BCUT2D eigenvalue weighted by Crippen LogP contribution is 2.24. The fraction of sp³-hybridized carbons (Fsp3) is 0.0769. The van der Waals surface area contributed by atoms with Crippen LogP contribution in [0.3, 0.4) is 0 Å². The minimum atomic E-state index is -0.719. The van der Waals surface area contributed by atoms with E-state index < -0.39 is 16.6 Å². The second-order valence-electron chi connectivity index (χ2n) is 4.01. The maximum Gasteiger partial charge on any atom is 0.270 e. The van der Waals surface area contributed by atoms with Crippen LogP contribution in [0.5, 0.6) is 0 Å². The summed E-state index contributed by atoms with van der Waals surface area (Å²) in [5.41, 5.74) is 0.577. The van der Waals surface area contributed by atoms with Gasteiger partial charge in [0.25, 0.3) is 5.69 Å². The number of nitrogens with zero attached hydrogens (tertiary/aromatic N) is 1. The second kappa shape index (κ2) is 5.83. The number of hydrogen-bond acceptors (Lipinski definition) is 3. The molecule has 2 aromatic rings. The molecule has 1 N–H and O–H groups in total. The van der Waals surface area contributed by atoms with Crippen LogP contribution in [0.1, 0.15) is 5.56 Å². The first kappa shape index (κ1) is 14.2. The summed E-state index contributed by atoms with van der Waals surface area (Å²) < 4.78 is 26.1. The Bertz CT molecular complexity index is 665. The van der Waals surface area contributed by atoms with Gasteiger partial charge in [0, 0.05) is 24.7 Å². The monoisotopic (exact) mass is 298 g/mol. The molecule has 104 valence electrons. The first-order valence-electron chi connectivity index (χ1n) is 5.59. The molecule has 7 heteroatoms. The summed E-state index contributed by atoms with van der Waals surface area (Å²) in [4.78, 5) is 10.0. The van der Waals surface area contributed by atoms with Gasteiger partial charge >= 0.3 is 0 Å². The van der Waals surface area contributed by atoms with Gasteiger partial charge in [-0.25, -0.2) is 8.78 Å². The molecule has 0 saturated heterocycles. The Labute approximate surface area is 118 Å². The van der Waals surface area contributed by atoms with E-state index >= 15 is 0 Å². The van der Waals surface area contributed by atoms with Crippen LogP contribution >= 0.6 is 11.6 Å². The van der Waals surface area contributed by atoms with Crippen molar-refractivity contribution in [3.05, 3.63) is 68.7 Å². The summed E-state index contributed by atoms with van der Waals surface area (Å²) in [5, 5.41) is 13.5. The van der Waals surface area contributed by atoms with Gasteiger partial charge in [-0.15, -0.1) is 0 Å². The first-order chi connectivity index (χ1) is 9.47. The van der Waals surface area contributed by atoms with Crippen LogP contribution in [0, 0.1) is 21.7 Å². The molecule has 0 radical (unpaired) electrons. The van der Waals surface area contributed by atoms with Crippen LogP contribution in [0.25, 0.3) is 0 Å². The van der Waals surface area contributed by atoms with E-state index in [1.165, 1.54) is 24.3 Å². The van der Waals surface area contributed by atoms with Gasteiger partial charge in [-0.2, -0.15) is 0 Å². The highest BCUT2D eigenvalue weighted by atomic mass is 35.5. The molecule has 0 atom stereocenters. The third-order valence-corrected chi connectivity index (χ3v) is 3.00. The van der Waals surface area contributed by atoms with Crippen LogP contribution in [0.4, 0.5) is 20.2 Å². The Hall–Kier alpha value is -2.21. The Morgan fingerprint density at radius 1 is 1.20 bits per heavy atom. The van der Waals surface area contributed by atoms with Gasteiger partial charge in [0.05, 0.1) is 15.6 Å². The molecule has 20 heavy (non-hydrogen) atoms. The molecule has 0 aliphatic rings. The van der Waals surface area contributed by atoms with Crippen LogP contribution in [0.15, 0.2) is 36.4 Å². The number of nitro groups is 1. The molecule has 0 unspecified atom stereocenters. The fourth-order valence-corrected chi connectivity index (χ4v) is 1.86. The van der Waals surface area contributed by atoms with Crippen molar-refractivity contribution in [2.75, 3.05) is 5.32 Å². The van der Waals surface area contributed by atoms with E-state index in [2.05, 4.69) is 5.32 Å². The fourth-order valence-electron chi connectivity index (χ4n) is 1.62. The lowest BCUT2D eigenvalue weighted by Gasteiger charge is -2.09. The summed E-state index contributed by atoms with van der Waals surface area (Å²) in [6.45, 7) is 0.166. The van der Waals surface area contributed by atoms with Gasteiger partial charge in [-0.05, 0) is 23.8 Å². The highest BCUT2D eigenvalue weighted by molar-refractivity contribution is 6.31. The molecule has 0 saturated carbocycles. The smallest absolute Gasteiger partial charge is 0.270 e. The zero-order valence-corrected chi connectivity index (χ0v) is 10.8. The zero-order valence-electron chi connectivity index (χ0n) is 10.1. The molecule has 4 nitrogen and oxygen atoms in total. The van der Waals surface area contributed by atoms with E-state index in [0.29, 0.717) is 5.56 Å². The van der Waals surface area contributed by atoms with Gasteiger partial charge in [0.15, 0.2) is 0 Å². The minimum absolute atomic E-state index is 0.119. The third-order valence-electron chi connectivity index (χ3n) is 2.65. The number of hydrogen-bond donors (Lipinski definition) is 1. The molecule has 0 spiro atoms. The molecule has 2 rings (SSSR count). The normalized spacial score (nSPS) is 10.3. The molecule has 0 heterocycles. The third kappa shape index (κ3) is 3.21. The predicted molar refractivity (Wildman–Crippen MR) is 71.8 cm³/mol. The Kier molecular flexibility index (Phi) is 4.14. The number of nitrogens with one attached hydrogen (secondary N) is 1.